The maximum absolute atomic E-state index is 12.1. The van der Waals surface area contributed by atoms with Crippen LogP contribution in [0.2, 0.25) is 0 Å². The Morgan fingerprint density at radius 3 is 2.41 bits per heavy atom. The minimum absolute atomic E-state index is 0.179. The Kier molecular flexibility index (Phi) is 5.20. The van der Waals surface area contributed by atoms with Crippen LogP contribution in [-0.4, -0.2) is 20.1 Å². The highest BCUT2D eigenvalue weighted by molar-refractivity contribution is 6.04. The normalized spacial score (nSPS) is 11.0. The molecule has 0 saturated heterocycles. The fourth-order valence-corrected chi connectivity index (χ4v) is 2.10. The van der Waals surface area contributed by atoms with Crippen LogP contribution in [0.3, 0.4) is 0 Å². The lowest BCUT2D eigenvalue weighted by Crippen LogP contribution is -2.08. The molecule has 0 heterocycles. The molecule has 0 radical (unpaired) electrons. The number of allylic oxidation sites excluding steroid dienone is 1. The van der Waals surface area contributed by atoms with Crippen LogP contribution in [-0.2, 0) is 4.79 Å². The van der Waals surface area contributed by atoms with E-state index in [4.69, 9.17) is 9.47 Å². The Morgan fingerprint density at radius 2 is 1.77 bits per heavy atom. The van der Waals surface area contributed by atoms with E-state index >= 15 is 0 Å². The standard InChI is InChI=1S/C18H19NO3/c1-13(11-18(20)19-14-7-5-4-6-8-14)16-10-9-15(21-2)12-17(16)22-3/h4-12H,1-3H3,(H,19,20)/b13-11+. The second-order valence-electron chi connectivity index (χ2n) is 4.75. The lowest BCUT2D eigenvalue weighted by atomic mass is 10.1. The van der Waals surface area contributed by atoms with E-state index in [2.05, 4.69) is 5.32 Å². The molecule has 0 aromatic heterocycles. The lowest BCUT2D eigenvalue weighted by Gasteiger charge is -2.11. The predicted molar refractivity (Wildman–Crippen MR) is 88.3 cm³/mol. The number of methoxy groups -OCH3 is 2. The Hall–Kier alpha value is -2.75. The second-order valence-corrected chi connectivity index (χ2v) is 4.75. The number of nitrogens with one attached hydrogen (secondary N) is 1. The van der Waals surface area contributed by atoms with Crippen LogP contribution in [0.1, 0.15) is 12.5 Å². The summed E-state index contributed by atoms with van der Waals surface area (Å²) < 4.78 is 10.5. The Bertz CT molecular complexity index is 678. The van der Waals surface area contributed by atoms with Gasteiger partial charge in [-0.25, -0.2) is 0 Å². The molecule has 0 aliphatic carbocycles. The molecule has 4 nitrogen and oxygen atoms in total. The summed E-state index contributed by atoms with van der Waals surface area (Å²) in [4.78, 5) is 12.1. The Labute approximate surface area is 130 Å². The fourth-order valence-electron chi connectivity index (χ4n) is 2.10. The van der Waals surface area contributed by atoms with Crippen molar-refractivity contribution < 1.29 is 14.3 Å². The molecule has 0 unspecified atom stereocenters. The maximum atomic E-state index is 12.1. The van der Waals surface area contributed by atoms with Gasteiger partial charge in [-0.3, -0.25) is 4.79 Å². The molecule has 0 bridgehead atoms. The van der Waals surface area contributed by atoms with Gasteiger partial charge >= 0.3 is 0 Å². The van der Waals surface area contributed by atoms with Gasteiger partial charge in [-0.15, -0.1) is 0 Å². The van der Waals surface area contributed by atoms with Crippen molar-refractivity contribution in [1.82, 2.24) is 0 Å². The first kappa shape index (κ1) is 15.6. The quantitative estimate of drug-likeness (QED) is 0.855. The number of ether oxygens (including phenoxy) is 2. The molecule has 0 spiro atoms. The van der Waals surface area contributed by atoms with Gasteiger partial charge in [0.1, 0.15) is 11.5 Å². The molecule has 22 heavy (non-hydrogen) atoms. The van der Waals surface area contributed by atoms with E-state index in [1.807, 2.05) is 49.4 Å². The van der Waals surface area contributed by atoms with Gasteiger partial charge in [0.25, 0.3) is 0 Å². The van der Waals surface area contributed by atoms with Gasteiger partial charge in [0, 0.05) is 23.4 Å². The first-order chi connectivity index (χ1) is 10.6. The second kappa shape index (κ2) is 7.31. The van der Waals surface area contributed by atoms with E-state index in [1.165, 1.54) is 0 Å². The SMILES string of the molecule is COc1ccc(/C(C)=C/C(=O)Nc2ccccc2)c(OC)c1. The predicted octanol–water partition coefficient (Wildman–Crippen LogP) is 3.75. The van der Waals surface area contributed by atoms with Crippen LogP contribution in [0, 0.1) is 0 Å². The molecule has 0 aliphatic rings. The monoisotopic (exact) mass is 297 g/mol. The zero-order chi connectivity index (χ0) is 15.9. The molecule has 114 valence electrons. The molecule has 0 fully saturated rings. The lowest BCUT2D eigenvalue weighted by molar-refractivity contribution is -0.111. The zero-order valence-corrected chi connectivity index (χ0v) is 12.9. The van der Waals surface area contributed by atoms with Crippen LogP contribution in [0.15, 0.2) is 54.6 Å². The van der Waals surface area contributed by atoms with E-state index in [9.17, 15) is 4.79 Å². The van der Waals surface area contributed by atoms with E-state index in [0.717, 1.165) is 16.8 Å². The number of carbonyl (C=O) groups excluding carboxylic acids is 1. The van der Waals surface area contributed by atoms with Crippen LogP contribution < -0.4 is 14.8 Å². The van der Waals surface area contributed by atoms with Crippen molar-refractivity contribution in [1.29, 1.82) is 0 Å². The summed E-state index contributed by atoms with van der Waals surface area (Å²) in [6.07, 6.45) is 1.55. The number of amides is 1. The fraction of sp³-hybridized carbons (Fsp3) is 0.167. The molecule has 2 aromatic rings. The third-order valence-electron chi connectivity index (χ3n) is 3.22. The van der Waals surface area contributed by atoms with Gasteiger partial charge in [0.2, 0.25) is 5.91 Å². The van der Waals surface area contributed by atoms with Crippen molar-refractivity contribution in [3.63, 3.8) is 0 Å². The van der Waals surface area contributed by atoms with E-state index in [1.54, 1.807) is 26.4 Å². The highest BCUT2D eigenvalue weighted by Crippen LogP contribution is 2.29. The van der Waals surface area contributed by atoms with Crippen LogP contribution >= 0.6 is 0 Å². The summed E-state index contributed by atoms with van der Waals surface area (Å²) in [6.45, 7) is 1.87. The number of para-hydroxylation sites is 1. The summed E-state index contributed by atoms with van der Waals surface area (Å²) >= 11 is 0. The van der Waals surface area contributed by atoms with Crippen molar-refractivity contribution in [2.45, 2.75) is 6.92 Å². The number of rotatable bonds is 5. The Balaban J connectivity index is 2.19. The Morgan fingerprint density at radius 1 is 1.05 bits per heavy atom. The van der Waals surface area contributed by atoms with Crippen molar-refractivity contribution in [3.05, 3.63) is 60.2 Å². The maximum Gasteiger partial charge on any atom is 0.248 e. The minimum atomic E-state index is -0.179. The van der Waals surface area contributed by atoms with Crippen LogP contribution in [0.5, 0.6) is 11.5 Å². The first-order valence-electron chi connectivity index (χ1n) is 6.90. The average Bonchev–Trinajstić information content (AvgIpc) is 2.54. The molecule has 1 N–H and O–H groups in total. The third-order valence-corrected chi connectivity index (χ3v) is 3.22. The number of carbonyl (C=O) groups is 1. The molecule has 0 aliphatic heterocycles. The van der Waals surface area contributed by atoms with Crippen molar-refractivity contribution in [2.75, 3.05) is 19.5 Å². The molecule has 2 rings (SSSR count). The topological polar surface area (TPSA) is 47.6 Å². The van der Waals surface area contributed by atoms with Crippen molar-refractivity contribution in [3.8, 4) is 11.5 Å². The zero-order valence-electron chi connectivity index (χ0n) is 12.9. The van der Waals surface area contributed by atoms with Crippen molar-refractivity contribution >= 4 is 17.2 Å². The highest BCUT2D eigenvalue weighted by Gasteiger charge is 2.08. The van der Waals surface area contributed by atoms with Gasteiger partial charge in [-0.05, 0) is 36.8 Å². The summed E-state index contributed by atoms with van der Waals surface area (Å²) in [5.41, 5.74) is 2.43. The molecule has 0 saturated carbocycles. The van der Waals surface area contributed by atoms with Gasteiger partial charge in [-0.1, -0.05) is 18.2 Å². The van der Waals surface area contributed by atoms with Gasteiger partial charge in [-0.2, -0.15) is 0 Å². The molecular weight excluding hydrogens is 278 g/mol. The first-order valence-corrected chi connectivity index (χ1v) is 6.90. The van der Waals surface area contributed by atoms with E-state index in [0.29, 0.717) is 11.5 Å². The van der Waals surface area contributed by atoms with E-state index in [-0.39, 0.29) is 5.91 Å². The molecular formula is C18H19NO3. The number of benzene rings is 2. The third kappa shape index (κ3) is 3.88. The van der Waals surface area contributed by atoms with Crippen LogP contribution in [0.4, 0.5) is 5.69 Å². The average molecular weight is 297 g/mol. The molecule has 1 amide bonds. The smallest absolute Gasteiger partial charge is 0.248 e. The number of anilines is 1. The summed E-state index contributed by atoms with van der Waals surface area (Å²) in [5.74, 6) is 1.20. The molecule has 4 heteroatoms. The summed E-state index contributed by atoms with van der Waals surface area (Å²) in [6, 6.07) is 14.8. The largest absolute Gasteiger partial charge is 0.497 e. The molecule has 2 aromatic carbocycles. The number of hydrogen-bond donors (Lipinski definition) is 1. The van der Waals surface area contributed by atoms with Crippen LogP contribution in [0.25, 0.3) is 5.57 Å². The van der Waals surface area contributed by atoms with Crippen molar-refractivity contribution in [2.24, 2.45) is 0 Å². The van der Waals surface area contributed by atoms with Gasteiger partial charge in [0.15, 0.2) is 0 Å². The van der Waals surface area contributed by atoms with Gasteiger partial charge in [0.05, 0.1) is 14.2 Å². The summed E-state index contributed by atoms with van der Waals surface area (Å²) in [5, 5.41) is 2.82. The summed E-state index contributed by atoms with van der Waals surface area (Å²) in [7, 11) is 3.19. The number of hydrogen-bond acceptors (Lipinski definition) is 3. The highest BCUT2D eigenvalue weighted by atomic mass is 16.5. The van der Waals surface area contributed by atoms with E-state index < -0.39 is 0 Å². The molecule has 0 atom stereocenters. The minimum Gasteiger partial charge on any atom is -0.497 e. The van der Waals surface area contributed by atoms with Gasteiger partial charge < -0.3 is 14.8 Å².